The van der Waals surface area contributed by atoms with Crippen LogP contribution < -0.4 is 0 Å². The molecule has 0 aliphatic rings. The summed E-state index contributed by atoms with van der Waals surface area (Å²) in [6, 6.07) is 0. The Kier molecular flexibility index (Phi) is 2.73. The van der Waals surface area contributed by atoms with Crippen molar-refractivity contribution in [2.24, 2.45) is 0 Å². The van der Waals surface area contributed by atoms with Crippen LogP contribution in [0, 0.1) is 20.8 Å². The van der Waals surface area contributed by atoms with E-state index in [0.29, 0.717) is 5.56 Å². The molecule has 0 atom stereocenters. The zero-order valence-electron chi connectivity index (χ0n) is 10.4. The molecule has 0 aliphatic heterocycles. The van der Waals surface area contributed by atoms with Crippen LogP contribution in [-0.2, 0) is 5.41 Å². The van der Waals surface area contributed by atoms with Gasteiger partial charge in [-0.3, -0.25) is 0 Å². The van der Waals surface area contributed by atoms with E-state index < -0.39 is 0 Å². The van der Waals surface area contributed by atoms with Crippen molar-refractivity contribution in [1.29, 1.82) is 0 Å². The quantitative estimate of drug-likeness (QED) is 0.686. The van der Waals surface area contributed by atoms with E-state index in [1.807, 2.05) is 13.8 Å². The van der Waals surface area contributed by atoms with Gasteiger partial charge in [-0.2, -0.15) is 0 Å². The summed E-state index contributed by atoms with van der Waals surface area (Å²) in [6.45, 7) is 11.7. The Hall–Kier alpha value is -1.18. The lowest BCUT2D eigenvalue weighted by atomic mass is 9.80. The van der Waals surface area contributed by atoms with Crippen molar-refractivity contribution in [2.75, 3.05) is 0 Å². The minimum atomic E-state index is -0.114. The van der Waals surface area contributed by atoms with E-state index in [-0.39, 0.29) is 16.9 Å². The second kappa shape index (κ2) is 3.44. The normalized spacial score (nSPS) is 11.9. The molecule has 2 nitrogen and oxygen atoms in total. The Morgan fingerprint density at radius 1 is 0.733 bits per heavy atom. The fraction of sp³-hybridized carbons (Fsp3) is 0.538. The molecular weight excluding hydrogens is 188 g/mol. The average molecular weight is 208 g/mol. The van der Waals surface area contributed by atoms with E-state index in [9.17, 15) is 10.2 Å². The van der Waals surface area contributed by atoms with Crippen LogP contribution in [0.5, 0.6) is 11.5 Å². The van der Waals surface area contributed by atoms with E-state index >= 15 is 0 Å². The molecule has 15 heavy (non-hydrogen) atoms. The molecule has 0 saturated heterocycles. The van der Waals surface area contributed by atoms with Crippen LogP contribution >= 0.6 is 0 Å². The molecule has 0 unspecified atom stereocenters. The largest absolute Gasteiger partial charge is 0.507 e. The number of phenolic OH excluding ortho intramolecular Hbond substituents is 2. The van der Waals surface area contributed by atoms with Crippen LogP contribution in [0.3, 0.4) is 0 Å². The first-order valence-corrected chi connectivity index (χ1v) is 5.20. The highest BCUT2D eigenvalue weighted by Crippen LogP contribution is 2.42. The SMILES string of the molecule is Cc1c(C)c(C(C)(C)C)c(O)c(C)c1O. The van der Waals surface area contributed by atoms with Gasteiger partial charge in [0.1, 0.15) is 11.5 Å². The molecule has 2 N–H and O–H groups in total. The van der Waals surface area contributed by atoms with Gasteiger partial charge in [-0.25, -0.2) is 0 Å². The smallest absolute Gasteiger partial charge is 0.126 e. The maximum atomic E-state index is 10.1. The fourth-order valence-corrected chi connectivity index (χ4v) is 2.04. The molecule has 0 radical (unpaired) electrons. The topological polar surface area (TPSA) is 40.5 Å². The Morgan fingerprint density at radius 2 is 1.20 bits per heavy atom. The third-order valence-corrected chi connectivity index (χ3v) is 2.99. The van der Waals surface area contributed by atoms with Crippen LogP contribution in [-0.4, -0.2) is 10.2 Å². The van der Waals surface area contributed by atoms with Gasteiger partial charge in [0.15, 0.2) is 0 Å². The highest BCUT2D eigenvalue weighted by Gasteiger charge is 2.25. The Balaban J connectivity index is 3.68. The first-order chi connectivity index (χ1) is 6.68. The summed E-state index contributed by atoms with van der Waals surface area (Å²) in [7, 11) is 0. The maximum Gasteiger partial charge on any atom is 0.126 e. The van der Waals surface area contributed by atoms with Crippen molar-refractivity contribution in [3.63, 3.8) is 0 Å². The van der Waals surface area contributed by atoms with Gasteiger partial charge in [0, 0.05) is 11.1 Å². The molecule has 0 bridgehead atoms. The van der Waals surface area contributed by atoms with Crippen LogP contribution in [0.4, 0.5) is 0 Å². The van der Waals surface area contributed by atoms with Crippen molar-refractivity contribution < 1.29 is 10.2 Å². The van der Waals surface area contributed by atoms with Gasteiger partial charge in [0.05, 0.1) is 0 Å². The zero-order chi connectivity index (χ0) is 12.0. The second-order valence-corrected chi connectivity index (χ2v) is 5.20. The van der Waals surface area contributed by atoms with Crippen molar-refractivity contribution >= 4 is 0 Å². The van der Waals surface area contributed by atoms with Crippen LogP contribution in [0.1, 0.15) is 43.0 Å². The number of benzene rings is 1. The molecule has 0 saturated carbocycles. The predicted octanol–water partition coefficient (Wildman–Crippen LogP) is 3.32. The fourth-order valence-electron chi connectivity index (χ4n) is 2.04. The number of rotatable bonds is 0. The van der Waals surface area contributed by atoms with E-state index in [1.54, 1.807) is 6.92 Å². The molecule has 2 heteroatoms. The summed E-state index contributed by atoms with van der Waals surface area (Å²) in [4.78, 5) is 0. The Morgan fingerprint density at radius 3 is 1.60 bits per heavy atom. The first kappa shape index (κ1) is 11.9. The van der Waals surface area contributed by atoms with Crippen molar-refractivity contribution in [3.05, 3.63) is 22.3 Å². The summed E-state index contributed by atoms with van der Waals surface area (Å²) in [6.07, 6.45) is 0. The average Bonchev–Trinajstić information content (AvgIpc) is 2.09. The lowest BCUT2D eigenvalue weighted by Crippen LogP contribution is -2.15. The van der Waals surface area contributed by atoms with Gasteiger partial charge in [-0.1, -0.05) is 20.8 Å². The second-order valence-electron chi connectivity index (χ2n) is 5.20. The molecule has 0 heterocycles. The molecule has 0 aromatic heterocycles. The molecule has 1 aromatic carbocycles. The van der Waals surface area contributed by atoms with Crippen LogP contribution in [0.2, 0.25) is 0 Å². The third kappa shape index (κ3) is 1.81. The summed E-state index contributed by atoms with van der Waals surface area (Å²) >= 11 is 0. The molecule has 1 rings (SSSR count). The Bertz CT molecular complexity index is 369. The van der Waals surface area contributed by atoms with Gasteiger partial charge in [0.2, 0.25) is 0 Å². The lowest BCUT2D eigenvalue weighted by molar-refractivity contribution is 0.421. The van der Waals surface area contributed by atoms with E-state index in [1.165, 1.54) is 0 Å². The van der Waals surface area contributed by atoms with Gasteiger partial charge in [0.25, 0.3) is 0 Å². The monoisotopic (exact) mass is 208 g/mol. The number of aromatic hydroxyl groups is 2. The molecule has 84 valence electrons. The molecule has 0 amide bonds. The van der Waals surface area contributed by atoms with E-state index in [4.69, 9.17) is 0 Å². The molecule has 0 spiro atoms. The molecule has 0 fully saturated rings. The highest BCUT2D eigenvalue weighted by molar-refractivity contribution is 5.58. The van der Waals surface area contributed by atoms with Gasteiger partial charge < -0.3 is 10.2 Å². The van der Waals surface area contributed by atoms with Gasteiger partial charge in [-0.15, -0.1) is 0 Å². The third-order valence-electron chi connectivity index (χ3n) is 2.99. The number of phenols is 2. The van der Waals surface area contributed by atoms with Crippen molar-refractivity contribution in [3.8, 4) is 11.5 Å². The zero-order valence-corrected chi connectivity index (χ0v) is 10.4. The van der Waals surface area contributed by atoms with Crippen LogP contribution in [0.15, 0.2) is 0 Å². The van der Waals surface area contributed by atoms with E-state index in [0.717, 1.165) is 16.7 Å². The summed E-state index contributed by atoms with van der Waals surface area (Å²) in [5.41, 5.74) is 3.22. The Labute approximate surface area is 91.6 Å². The molecule has 0 aliphatic carbocycles. The standard InChI is InChI=1S/C13H20O2/c1-7-8(2)11(14)9(3)12(15)10(7)13(4,5)6/h14-15H,1-6H3. The number of hydrogen-bond donors (Lipinski definition) is 2. The lowest BCUT2D eigenvalue weighted by Gasteiger charge is -2.26. The number of hydrogen-bond acceptors (Lipinski definition) is 2. The molecule has 1 aromatic rings. The predicted molar refractivity (Wildman–Crippen MR) is 62.7 cm³/mol. The van der Waals surface area contributed by atoms with Crippen molar-refractivity contribution in [1.82, 2.24) is 0 Å². The minimum Gasteiger partial charge on any atom is -0.507 e. The highest BCUT2D eigenvalue weighted by atomic mass is 16.3. The minimum absolute atomic E-state index is 0.114. The van der Waals surface area contributed by atoms with Gasteiger partial charge >= 0.3 is 0 Å². The molecular formula is C13H20O2. The van der Waals surface area contributed by atoms with Crippen molar-refractivity contribution in [2.45, 2.75) is 47.0 Å². The van der Waals surface area contributed by atoms with Crippen LogP contribution in [0.25, 0.3) is 0 Å². The summed E-state index contributed by atoms with van der Waals surface area (Å²) in [5, 5.41) is 19.9. The van der Waals surface area contributed by atoms with E-state index in [2.05, 4.69) is 20.8 Å². The summed E-state index contributed by atoms with van der Waals surface area (Å²) < 4.78 is 0. The first-order valence-electron chi connectivity index (χ1n) is 5.20. The maximum absolute atomic E-state index is 10.1. The van der Waals surface area contributed by atoms with Gasteiger partial charge in [-0.05, 0) is 37.3 Å². The summed E-state index contributed by atoms with van der Waals surface area (Å²) in [5.74, 6) is 0.432.